The third kappa shape index (κ3) is 5.22. The second-order valence-electron chi connectivity index (χ2n) is 8.08. The maximum atomic E-state index is 14.8. The number of aromatic nitrogens is 4. The zero-order valence-electron chi connectivity index (χ0n) is 18.0. The fraction of sp³-hybridized carbons (Fsp3) is 0.429. The molecule has 0 N–H and O–H groups in total. The Labute approximate surface area is 188 Å². The maximum absolute atomic E-state index is 14.8. The summed E-state index contributed by atoms with van der Waals surface area (Å²) in [4.78, 5) is 8.44. The van der Waals surface area contributed by atoms with Gasteiger partial charge >= 0.3 is 6.43 Å². The van der Waals surface area contributed by atoms with Gasteiger partial charge in [0.25, 0.3) is 11.8 Å². The minimum Gasteiger partial charge on any atom is -0.415 e. The number of alkyl halides is 2. The first-order valence-corrected chi connectivity index (χ1v) is 11.8. The van der Waals surface area contributed by atoms with Crippen LogP contribution in [0.2, 0.25) is 0 Å². The average Bonchev–Trinajstić information content (AvgIpc) is 3.51. The van der Waals surface area contributed by atoms with E-state index in [9.17, 15) is 21.6 Å². The SMILES string of the molecule is Cc1ccc(C(Cc2ncc(-c3nnc(C(F)F)o3)cn2)CN(C)S(=O)(=O)C2CC2)c(F)c1. The van der Waals surface area contributed by atoms with Gasteiger partial charge in [0, 0.05) is 38.3 Å². The quantitative estimate of drug-likeness (QED) is 0.460. The van der Waals surface area contributed by atoms with Crippen LogP contribution in [-0.2, 0) is 16.4 Å². The highest BCUT2D eigenvalue weighted by Gasteiger charge is 2.39. The molecule has 1 aliphatic rings. The van der Waals surface area contributed by atoms with E-state index < -0.39 is 34.1 Å². The predicted octanol–water partition coefficient (Wildman–Crippen LogP) is 3.66. The van der Waals surface area contributed by atoms with Gasteiger partial charge in [0.15, 0.2) is 0 Å². The summed E-state index contributed by atoms with van der Waals surface area (Å²) in [6.07, 6.45) is 1.22. The largest absolute Gasteiger partial charge is 0.415 e. The molecule has 1 aromatic carbocycles. The van der Waals surface area contributed by atoms with Gasteiger partial charge in [-0.05, 0) is 37.0 Å². The highest BCUT2D eigenvalue weighted by atomic mass is 32.2. The van der Waals surface area contributed by atoms with Crippen LogP contribution in [0.4, 0.5) is 13.2 Å². The van der Waals surface area contributed by atoms with E-state index in [0.29, 0.717) is 24.2 Å². The Bertz CT molecular complexity index is 1230. The number of nitrogens with zero attached hydrogens (tertiary/aromatic N) is 5. The molecule has 0 saturated heterocycles. The summed E-state index contributed by atoms with van der Waals surface area (Å²) >= 11 is 0. The zero-order chi connectivity index (χ0) is 23.8. The van der Waals surface area contributed by atoms with Crippen molar-refractivity contribution in [1.82, 2.24) is 24.5 Å². The van der Waals surface area contributed by atoms with Crippen molar-refractivity contribution in [2.75, 3.05) is 13.6 Å². The number of rotatable bonds is 9. The lowest BCUT2D eigenvalue weighted by atomic mass is 9.93. The highest BCUT2D eigenvalue weighted by Crippen LogP contribution is 2.32. The Morgan fingerprint density at radius 3 is 2.45 bits per heavy atom. The summed E-state index contributed by atoms with van der Waals surface area (Å²) < 4.78 is 71.5. The Hall–Kier alpha value is -2.86. The highest BCUT2D eigenvalue weighted by molar-refractivity contribution is 7.90. The van der Waals surface area contributed by atoms with Crippen LogP contribution in [-0.4, -0.2) is 51.7 Å². The fourth-order valence-electron chi connectivity index (χ4n) is 3.50. The zero-order valence-corrected chi connectivity index (χ0v) is 18.8. The van der Waals surface area contributed by atoms with Crippen LogP contribution in [0, 0.1) is 12.7 Å². The van der Waals surface area contributed by atoms with Crippen LogP contribution in [0.5, 0.6) is 0 Å². The van der Waals surface area contributed by atoms with Crippen molar-refractivity contribution in [2.24, 2.45) is 0 Å². The maximum Gasteiger partial charge on any atom is 0.314 e. The summed E-state index contributed by atoms with van der Waals surface area (Å²) in [6, 6.07) is 4.81. The molecule has 1 atom stereocenters. The van der Waals surface area contributed by atoms with Gasteiger partial charge in [0.2, 0.25) is 10.0 Å². The molecular weight excluding hydrogens is 459 g/mol. The number of benzene rings is 1. The van der Waals surface area contributed by atoms with Gasteiger partial charge in [0.05, 0.1) is 10.8 Å². The molecule has 4 rings (SSSR count). The first-order chi connectivity index (χ1) is 15.6. The fourth-order valence-corrected chi connectivity index (χ4v) is 5.13. The lowest BCUT2D eigenvalue weighted by molar-refractivity contribution is 0.116. The summed E-state index contributed by atoms with van der Waals surface area (Å²) in [6.45, 7) is 1.83. The molecule has 33 heavy (non-hydrogen) atoms. The molecule has 1 fully saturated rings. The van der Waals surface area contributed by atoms with Gasteiger partial charge in [-0.15, -0.1) is 10.2 Å². The van der Waals surface area contributed by atoms with Crippen molar-refractivity contribution in [3.05, 3.63) is 59.3 Å². The Kier molecular flexibility index (Phi) is 6.48. The van der Waals surface area contributed by atoms with E-state index in [2.05, 4.69) is 20.2 Å². The van der Waals surface area contributed by atoms with Gasteiger partial charge in [-0.1, -0.05) is 12.1 Å². The number of hydrogen-bond acceptors (Lipinski definition) is 7. The van der Waals surface area contributed by atoms with Crippen molar-refractivity contribution < 1.29 is 26.0 Å². The van der Waals surface area contributed by atoms with Crippen molar-refractivity contribution in [2.45, 2.75) is 43.8 Å². The number of sulfonamides is 1. The van der Waals surface area contributed by atoms with Crippen molar-refractivity contribution in [3.8, 4) is 11.5 Å². The molecule has 0 radical (unpaired) electrons. The van der Waals surface area contributed by atoms with Gasteiger partial charge in [-0.25, -0.2) is 27.1 Å². The van der Waals surface area contributed by atoms with Crippen molar-refractivity contribution in [3.63, 3.8) is 0 Å². The molecular formula is C21H22F3N5O3S. The molecule has 176 valence electrons. The van der Waals surface area contributed by atoms with Crippen LogP contribution in [0.25, 0.3) is 11.5 Å². The molecule has 0 spiro atoms. The second kappa shape index (κ2) is 9.18. The molecule has 2 aromatic heterocycles. The molecule has 0 bridgehead atoms. The van der Waals surface area contributed by atoms with Crippen LogP contribution >= 0.6 is 0 Å². The number of likely N-dealkylation sites (N-methyl/N-ethyl adjacent to an activating group) is 1. The summed E-state index contributed by atoms with van der Waals surface area (Å²) in [7, 11) is -1.96. The van der Waals surface area contributed by atoms with Crippen LogP contribution in [0.1, 0.15) is 48.0 Å². The first kappa shape index (κ1) is 23.3. The Balaban J connectivity index is 1.57. The third-order valence-corrected chi connectivity index (χ3v) is 7.79. The topological polar surface area (TPSA) is 102 Å². The molecule has 12 heteroatoms. The van der Waals surface area contributed by atoms with Crippen LogP contribution in [0.3, 0.4) is 0 Å². The molecule has 0 aliphatic heterocycles. The predicted molar refractivity (Wildman–Crippen MR) is 112 cm³/mol. The van der Waals surface area contributed by atoms with Crippen molar-refractivity contribution >= 4 is 10.0 Å². The Morgan fingerprint density at radius 1 is 1.18 bits per heavy atom. The smallest absolute Gasteiger partial charge is 0.314 e. The molecule has 2 heterocycles. The number of aryl methyl sites for hydroxylation is 1. The van der Waals surface area contributed by atoms with E-state index in [1.165, 1.54) is 29.8 Å². The summed E-state index contributed by atoms with van der Waals surface area (Å²) in [5, 5.41) is 6.44. The van der Waals surface area contributed by atoms with Gasteiger partial charge in [-0.2, -0.15) is 8.78 Å². The monoisotopic (exact) mass is 481 g/mol. The standard InChI is InChI=1S/C21H22F3N5O3S/c1-12-3-6-16(17(22)7-12)13(11-29(2)33(30,31)15-4-5-15)8-18-25-9-14(10-26-18)20-27-28-21(32-20)19(23)24/h3,6-7,9-10,13,15,19H,4-5,8,11H2,1-2H3. The third-order valence-electron chi connectivity index (χ3n) is 5.46. The van der Waals surface area contributed by atoms with E-state index in [1.54, 1.807) is 19.1 Å². The van der Waals surface area contributed by atoms with E-state index in [4.69, 9.17) is 4.42 Å². The lowest BCUT2D eigenvalue weighted by Crippen LogP contribution is -2.34. The van der Waals surface area contributed by atoms with Gasteiger partial charge < -0.3 is 4.42 Å². The van der Waals surface area contributed by atoms with Crippen LogP contribution < -0.4 is 0 Å². The summed E-state index contributed by atoms with van der Waals surface area (Å²) in [5.74, 6) is -1.59. The molecule has 1 saturated carbocycles. The van der Waals surface area contributed by atoms with E-state index in [0.717, 1.165) is 5.56 Å². The van der Waals surface area contributed by atoms with E-state index in [1.807, 2.05) is 0 Å². The van der Waals surface area contributed by atoms with E-state index >= 15 is 0 Å². The minimum atomic E-state index is -3.45. The normalized spacial score (nSPS) is 15.4. The van der Waals surface area contributed by atoms with E-state index in [-0.39, 0.29) is 29.7 Å². The van der Waals surface area contributed by atoms with Gasteiger partial charge in [-0.3, -0.25) is 0 Å². The Morgan fingerprint density at radius 2 is 1.88 bits per heavy atom. The van der Waals surface area contributed by atoms with Crippen LogP contribution in [0.15, 0.2) is 35.0 Å². The summed E-state index contributed by atoms with van der Waals surface area (Å²) in [5.41, 5.74) is 1.37. The molecule has 3 aromatic rings. The van der Waals surface area contributed by atoms with Crippen molar-refractivity contribution in [1.29, 1.82) is 0 Å². The minimum absolute atomic E-state index is 0.0608. The first-order valence-electron chi connectivity index (χ1n) is 10.3. The van der Waals surface area contributed by atoms with Gasteiger partial charge in [0.1, 0.15) is 11.6 Å². The second-order valence-corrected chi connectivity index (χ2v) is 10.4. The average molecular weight is 482 g/mol. The molecule has 1 unspecified atom stereocenters. The lowest BCUT2D eigenvalue weighted by Gasteiger charge is -2.24. The molecule has 1 aliphatic carbocycles. The number of halogens is 3. The molecule has 8 nitrogen and oxygen atoms in total. The number of hydrogen-bond donors (Lipinski definition) is 0. The molecule has 0 amide bonds.